The van der Waals surface area contributed by atoms with Gasteiger partial charge in [-0.2, -0.15) is 0 Å². The third-order valence-electron chi connectivity index (χ3n) is 5.95. The Morgan fingerprint density at radius 1 is 1.36 bits per heavy atom. The Balaban J connectivity index is 1.50. The molecule has 1 saturated heterocycles. The fraction of sp³-hybridized carbons (Fsp3) is 0.545. The summed E-state index contributed by atoms with van der Waals surface area (Å²) in [5.41, 5.74) is 1.94. The summed E-state index contributed by atoms with van der Waals surface area (Å²) in [6.45, 7) is 5.13. The summed E-state index contributed by atoms with van der Waals surface area (Å²) in [5.74, 6) is 1.25. The van der Waals surface area contributed by atoms with Crippen LogP contribution in [0.5, 0.6) is 0 Å². The quantitative estimate of drug-likeness (QED) is 0.768. The van der Waals surface area contributed by atoms with Crippen LogP contribution in [0.3, 0.4) is 0 Å². The standard InChI is InChI=1S/C22H29N3O3/c1-2-19-16(14-25-9-5-6-10-25)13-20(28-19)22(27)24-21(15-11-17(26)12-15)18-7-3-4-8-23-18/h3-4,7-8,13,15,17,21,26H,2,5-6,9-12,14H2,1H3,(H,24,27)/t15?,17?,21-/m1/s1. The molecule has 1 saturated carbocycles. The summed E-state index contributed by atoms with van der Waals surface area (Å²) in [6.07, 6.45) is 6.07. The van der Waals surface area contributed by atoms with E-state index in [1.54, 1.807) is 6.20 Å². The minimum Gasteiger partial charge on any atom is -0.456 e. The number of likely N-dealkylation sites (tertiary alicyclic amines) is 1. The summed E-state index contributed by atoms with van der Waals surface area (Å²) in [5, 5.41) is 12.8. The first-order valence-electron chi connectivity index (χ1n) is 10.4. The number of hydrogen-bond donors (Lipinski definition) is 2. The number of carbonyl (C=O) groups is 1. The van der Waals surface area contributed by atoms with E-state index in [0.29, 0.717) is 18.6 Å². The zero-order chi connectivity index (χ0) is 19.5. The number of aliphatic hydroxyl groups is 1. The van der Waals surface area contributed by atoms with Gasteiger partial charge in [-0.05, 0) is 62.9 Å². The third-order valence-corrected chi connectivity index (χ3v) is 5.95. The molecule has 0 unspecified atom stereocenters. The molecule has 6 nitrogen and oxygen atoms in total. The van der Waals surface area contributed by atoms with Crippen molar-refractivity contribution in [2.45, 2.75) is 57.7 Å². The van der Waals surface area contributed by atoms with Gasteiger partial charge in [0.25, 0.3) is 5.91 Å². The Bertz CT molecular complexity index is 793. The molecule has 1 amide bonds. The number of pyridine rings is 1. The fourth-order valence-corrected chi connectivity index (χ4v) is 4.30. The van der Waals surface area contributed by atoms with Gasteiger partial charge in [0.1, 0.15) is 5.76 Å². The highest BCUT2D eigenvalue weighted by Gasteiger charge is 2.37. The number of nitrogens with zero attached hydrogens (tertiary/aromatic N) is 2. The molecular formula is C22H29N3O3. The number of nitrogens with one attached hydrogen (secondary N) is 1. The van der Waals surface area contributed by atoms with Crippen molar-refractivity contribution in [2.75, 3.05) is 13.1 Å². The van der Waals surface area contributed by atoms with Crippen molar-refractivity contribution in [2.24, 2.45) is 5.92 Å². The SMILES string of the molecule is CCc1oc(C(=O)N[C@@H](c2ccccn2)C2CC(O)C2)cc1CN1CCCC1. The number of amides is 1. The molecule has 2 aromatic heterocycles. The van der Waals surface area contributed by atoms with Crippen molar-refractivity contribution in [3.63, 3.8) is 0 Å². The van der Waals surface area contributed by atoms with E-state index >= 15 is 0 Å². The Morgan fingerprint density at radius 2 is 2.14 bits per heavy atom. The minimum atomic E-state index is -0.282. The first-order chi connectivity index (χ1) is 13.6. The molecule has 6 heteroatoms. The number of furan rings is 1. The summed E-state index contributed by atoms with van der Waals surface area (Å²) >= 11 is 0. The van der Waals surface area contributed by atoms with E-state index in [1.165, 1.54) is 12.8 Å². The van der Waals surface area contributed by atoms with Gasteiger partial charge in [-0.3, -0.25) is 14.7 Å². The number of rotatable bonds is 7. The highest BCUT2D eigenvalue weighted by Crippen LogP contribution is 2.37. The molecular weight excluding hydrogens is 354 g/mol. The fourth-order valence-electron chi connectivity index (χ4n) is 4.30. The van der Waals surface area contributed by atoms with Gasteiger partial charge in [0, 0.05) is 24.7 Å². The zero-order valence-corrected chi connectivity index (χ0v) is 16.4. The number of aromatic nitrogens is 1. The number of aliphatic hydroxyl groups excluding tert-OH is 1. The van der Waals surface area contributed by atoms with Crippen molar-refractivity contribution < 1.29 is 14.3 Å². The lowest BCUT2D eigenvalue weighted by Crippen LogP contribution is -2.41. The highest BCUT2D eigenvalue weighted by molar-refractivity contribution is 5.92. The second kappa shape index (κ2) is 8.45. The van der Waals surface area contributed by atoms with E-state index in [9.17, 15) is 9.90 Å². The molecule has 2 aliphatic rings. The van der Waals surface area contributed by atoms with Gasteiger partial charge >= 0.3 is 0 Å². The van der Waals surface area contributed by atoms with Gasteiger partial charge in [0.05, 0.1) is 17.8 Å². The molecule has 0 spiro atoms. The first-order valence-corrected chi connectivity index (χ1v) is 10.4. The molecule has 2 N–H and O–H groups in total. The van der Waals surface area contributed by atoms with E-state index in [0.717, 1.165) is 43.1 Å². The van der Waals surface area contributed by atoms with E-state index in [4.69, 9.17) is 4.42 Å². The van der Waals surface area contributed by atoms with Crippen LogP contribution in [0.15, 0.2) is 34.9 Å². The molecule has 28 heavy (non-hydrogen) atoms. The van der Waals surface area contributed by atoms with Gasteiger partial charge < -0.3 is 14.8 Å². The molecule has 2 aromatic rings. The lowest BCUT2D eigenvalue weighted by Gasteiger charge is -2.37. The number of carbonyl (C=O) groups excluding carboxylic acids is 1. The second-order valence-corrected chi connectivity index (χ2v) is 7.99. The second-order valence-electron chi connectivity index (χ2n) is 7.99. The normalized spacial score (nSPS) is 23.4. The van der Waals surface area contributed by atoms with Crippen LogP contribution in [0.4, 0.5) is 0 Å². The number of hydrogen-bond acceptors (Lipinski definition) is 5. The summed E-state index contributed by atoms with van der Waals surface area (Å²) in [7, 11) is 0. The Hall–Kier alpha value is -2.18. The van der Waals surface area contributed by atoms with E-state index in [-0.39, 0.29) is 24.0 Å². The summed E-state index contributed by atoms with van der Waals surface area (Å²) < 4.78 is 5.92. The predicted octanol–water partition coefficient (Wildman–Crippen LogP) is 3.07. The van der Waals surface area contributed by atoms with Crippen molar-refractivity contribution in [1.29, 1.82) is 0 Å². The topological polar surface area (TPSA) is 78.6 Å². The van der Waals surface area contributed by atoms with Crippen molar-refractivity contribution in [3.8, 4) is 0 Å². The predicted molar refractivity (Wildman–Crippen MR) is 106 cm³/mol. The molecule has 0 radical (unpaired) electrons. The average molecular weight is 383 g/mol. The Morgan fingerprint density at radius 3 is 2.79 bits per heavy atom. The van der Waals surface area contributed by atoms with Gasteiger partial charge in [-0.15, -0.1) is 0 Å². The molecule has 3 heterocycles. The van der Waals surface area contributed by atoms with Crippen LogP contribution >= 0.6 is 0 Å². The molecule has 2 fully saturated rings. The summed E-state index contributed by atoms with van der Waals surface area (Å²) in [4.78, 5) is 19.8. The molecule has 1 atom stereocenters. The lowest BCUT2D eigenvalue weighted by molar-refractivity contribution is 0.0225. The van der Waals surface area contributed by atoms with Crippen LogP contribution in [0.2, 0.25) is 0 Å². The van der Waals surface area contributed by atoms with Crippen LogP contribution in [0.1, 0.15) is 66.2 Å². The van der Waals surface area contributed by atoms with Crippen molar-refractivity contribution in [3.05, 3.63) is 53.2 Å². The average Bonchev–Trinajstić information content (AvgIpc) is 3.34. The molecule has 1 aliphatic heterocycles. The van der Waals surface area contributed by atoms with Gasteiger partial charge in [-0.1, -0.05) is 13.0 Å². The van der Waals surface area contributed by atoms with Gasteiger partial charge in [-0.25, -0.2) is 0 Å². The minimum absolute atomic E-state index is 0.193. The van der Waals surface area contributed by atoms with Gasteiger partial charge in [0.2, 0.25) is 0 Å². The Kier molecular flexibility index (Phi) is 5.78. The van der Waals surface area contributed by atoms with Crippen molar-refractivity contribution in [1.82, 2.24) is 15.2 Å². The maximum Gasteiger partial charge on any atom is 0.287 e. The molecule has 0 bridgehead atoms. The van der Waals surface area contributed by atoms with E-state index in [1.807, 2.05) is 24.3 Å². The highest BCUT2D eigenvalue weighted by atomic mass is 16.4. The zero-order valence-electron chi connectivity index (χ0n) is 16.4. The monoisotopic (exact) mass is 383 g/mol. The van der Waals surface area contributed by atoms with E-state index < -0.39 is 0 Å². The lowest BCUT2D eigenvalue weighted by atomic mass is 9.76. The van der Waals surface area contributed by atoms with Crippen molar-refractivity contribution >= 4 is 5.91 Å². The van der Waals surface area contributed by atoms with Crippen LogP contribution in [-0.4, -0.2) is 40.1 Å². The summed E-state index contributed by atoms with van der Waals surface area (Å²) in [6, 6.07) is 7.40. The van der Waals surface area contributed by atoms with Crippen LogP contribution in [0.25, 0.3) is 0 Å². The smallest absolute Gasteiger partial charge is 0.287 e. The third kappa shape index (κ3) is 4.13. The van der Waals surface area contributed by atoms with E-state index in [2.05, 4.69) is 22.1 Å². The molecule has 0 aromatic carbocycles. The largest absolute Gasteiger partial charge is 0.456 e. The molecule has 150 valence electrons. The molecule has 1 aliphatic carbocycles. The molecule has 4 rings (SSSR count). The van der Waals surface area contributed by atoms with Crippen LogP contribution in [0, 0.1) is 5.92 Å². The Labute approximate surface area is 166 Å². The maximum absolute atomic E-state index is 13.0. The first kappa shape index (κ1) is 19.2. The van der Waals surface area contributed by atoms with Crippen LogP contribution in [-0.2, 0) is 13.0 Å². The van der Waals surface area contributed by atoms with Gasteiger partial charge in [0.15, 0.2) is 5.76 Å². The maximum atomic E-state index is 13.0. The number of aryl methyl sites for hydroxylation is 1. The van der Waals surface area contributed by atoms with Crippen LogP contribution < -0.4 is 5.32 Å².